The van der Waals surface area contributed by atoms with Crippen LogP contribution >= 0.6 is 34.2 Å². The second-order valence-electron chi connectivity index (χ2n) is 5.78. The van der Waals surface area contributed by atoms with Crippen LogP contribution in [0.4, 0.5) is 10.5 Å². The lowest BCUT2D eigenvalue weighted by Gasteiger charge is -2.24. The number of carbonyl (C=O) groups is 1. The van der Waals surface area contributed by atoms with Crippen LogP contribution in [0.15, 0.2) is 78.3 Å². The molecule has 0 heterocycles. The van der Waals surface area contributed by atoms with Crippen LogP contribution in [-0.4, -0.2) is 15.2 Å². The van der Waals surface area contributed by atoms with Crippen molar-refractivity contribution in [3.05, 3.63) is 83.9 Å². The SMILES string of the molecule is O=C(O)N(c1cc(OCc2ccccc2)c2ccccc2c1)C(I)C=CCl. The summed E-state index contributed by atoms with van der Waals surface area (Å²) < 4.78 is 5.61. The Hall–Kier alpha value is -2.25. The Morgan fingerprint density at radius 2 is 1.85 bits per heavy atom. The quantitative estimate of drug-likeness (QED) is 0.245. The van der Waals surface area contributed by atoms with Crippen molar-refractivity contribution in [2.45, 2.75) is 10.7 Å². The van der Waals surface area contributed by atoms with E-state index in [1.54, 1.807) is 12.1 Å². The van der Waals surface area contributed by atoms with Crippen molar-refractivity contribution in [2.75, 3.05) is 4.90 Å². The van der Waals surface area contributed by atoms with Gasteiger partial charge in [-0.25, -0.2) is 4.79 Å². The highest BCUT2D eigenvalue weighted by Gasteiger charge is 2.22. The average molecular weight is 494 g/mol. The molecule has 3 rings (SSSR count). The molecule has 0 radical (unpaired) electrons. The molecule has 138 valence electrons. The van der Waals surface area contributed by atoms with Crippen molar-refractivity contribution in [1.82, 2.24) is 0 Å². The number of hydrogen-bond acceptors (Lipinski definition) is 2. The summed E-state index contributed by atoms with van der Waals surface area (Å²) in [5, 5.41) is 11.5. The molecule has 0 saturated carbocycles. The lowest BCUT2D eigenvalue weighted by atomic mass is 10.1. The van der Waals surface area contributed by atoms with E-state index < -0.39 is 10.1 Å². The summed E-state index contributed by atoms with van der Waals surface area (Å²) in [5.74, 6) is 0.636. The van der Waals surface area contributed by atoms with Crippen molar-refractivity contribution < 1.29 is 14.6 Å². The fourth-order valence-electron chi connectivity index (χ4n) is 2.76. The van der Waals surface area contributed by atoms with Crippen LogP contribution in [0, 0.1) is 0 Å². The van der Waals surface area contributed by atoms with Gasteiger partial charge in [0.1, 0.15) is 16.4 Å². The number of anilines is 1. The molecule has 1 unspecified atom stereocenters. The highest BCUT2D eigenvalue weighted by molar-refractivity contribution is 14.1. The third-order valence-corrected chi connectivity index (χ3v) is 5.13. The van der Waals surface area contributed by atoms with E-state index in [0.29, 0.717) is 18.0 Å². The molecular formula is C21H17ClINO3. The van der Waals surface area contributed by atoms with E-state index in [-0.39, 0.29) is 0 Å². The Labute approximate surface area is 176 Å². The normalized spacial score (nSPS) is 12.2. The first-order valence-electron chi connectivity index (χ1n) is 8.23. The summed E-state index contributed by atoms with van der Waals surface area (Å²) in [6.07, 6.45) is 0.545. The van der Waals surface area contributed by atoms with Gasteiger partial charge in [0.15, 0.2) is 0 Å². The van der Waals surface area contributed by atoms with E-state index in [2.05, 4.69) is 0 Å². The first-order chi connectivity index (χ1) is 13.1. The van der Waals surface area contributed by atoms with Gasteiger partial charge in [0.2, 0.25) is 0 Å². The summed E-state index contributed by atoms with van der Waals surface area (Å²) in [7, 11) is 0. The zero-order valence-electron chi connectivity index (χ0n) is 14.3. The molecule has 27 heavy (non-hydrogen) atoms. The molecular weight excluding hydrogens is 477 g/mol. The molecule has 0 fully saturated rings. The second kappa shape index (κ2) is 9.10. The zero-order valence-corrected chi connectivity index (χ0v) is 17.2. The maximum Gasteiger partial charge on any atom is 0.413 e. The van der Waals surface area contributed by atoms with Gasteiger partial charge in [0.05, 0.1) is 5.69 Å². The van der Waals surface area contributed by atoms with Crippen LogP contribution in [0.25, 0.3) is 10.8 Å². The highest BCUT2D eigenvalue weighted by atomic mass is 127. The lowest BCUT2D eigenvalue weighted by molar-refractivity contribution is 0.202. The van der Waals surface area contributed by atoms with Gasteiger partial charge in [-0.1, -0.05) is 88.8 Å². The maximum absolute atomic E-state index is 11.8. The lowest BCUT2D eigenvalue weighted by Crippen LogP contribution is -2.34. The Bertz CT molecular complexity index is 962. The van der Waals surface area contributed by atoms with Crippen LogP contribution < -0.4 is 9.64 Å². The predicted octanol–water partition coefficient (Wildman–Crippen LogP) is 6.42. The summed E-state index contributed by atoms with van der Waals surface area (Å²) in [6, 6.07) is 21.2. The predicted molar refractivity (Wildman–Crippen MR) is 118 cm³/mol. The second-order valence-corrected chi connectivity index (χ2v) is 7.31. The van der Waals surface area contributed by atoms with Gasteiger partial charge in [-0.2, -0.15) is 0 Å². The van der Waals surface area contributed by atoms with Gasteiger partial charge in [0.25, 0.3) is 0 Å². The molecule has 0 bridgehead atoms. The maximum atomic E-state index is 11.8. The number of fused-ring (bicyclic) bond motifs is 1. The number of nitrogens with zero attached hydrogens (tertiary/aromatic N) is 1. The molecule has 6 heteroatoms. The largest absolute Gasteiger partial charge is 0.488 e. The molecule has 0 saturated heterocycles. The van der Waals surface area contributed by atoms with Crippen molar-refractivity contribution in [2.24, 2.45) is 0 Å². The van der Waals surface area contributed by atoms with Crippen LogP contribution in [0.2, 0.25) is 0 Å². The molecule has 1 amide bonds. The van der Waals surface area contributed by atoms with Gasteiger partial charge in [-0.05, 0) is 23.1 Å². The first-order valence-corrected chi connectivity index (χ1v) is 9.91. The molecule has 0 aliphatic rings. The van der Waals surface area contributed by atoms with Gasteiger partial charge in [0, 0.05) is 17.0 Å². The van der Waals surface area contributed by atoms with Crippen LogP contribution in [-0.2, 0) is 6.61 Å². The van der Waals surface area contributed by atoms with Gasteiger partial charge < -0.3 is 9.84 Å². The molecule has 0 spiro atoms. The smallest absolute Gasteiger partial charge is 0.413 e. The van der Waals surface area contributed by atoms with E-state index >= 15 is 0 Å². The summed E-state index contributed by atoms with van der Waals surface area (Å²) in [6.45, 7) is 0.399. The number of carboxylic acid groups (broad SMARTS) is 1. The van der Waals surface area contributed by atoms with Crippen molar-refractivity contribution in [1.29, 1.82) is 0 Å². The Morgan fingerprint density at radius 3 is 2.56 bits per heavy atom. The number of halogens is 2. The third kappa shape index (κ3) is 4.73. The molecule has 0 aromatic heterocycles. The Kier molecular flexibility index (Phi) is 6.58. The van der Waals surface area contributed by atoms with Crippen LogP contribution in [0.3, 0.4) is 0 Å². The minimum atomic E-state index is -1.06. The third-order valence-electron chi connectivity index (χ3n) is 4.01. The standard InChI is InChI=1S/C21H17ClINO3/c22-11-10-20(23)24(21(25)26)17-12-16-8-4-5-9-18(16)19(13-17)27-14-15-6-2-1-3-7-15/h1-13,20H,14H2,(H,25,26). The van der Waals surface area contributed by atoms with Gasteiger partial charge in [-0.3, -0.25) is 4.90 Å². The van der Waals surface area contributed by atoms with Crippen molar-refractivity contribution >= 4 is 56.7 Å². The van der Waals surface area contributed by atoms with E-state index in [4.69, 9.17) is 16.3 Å². The van der Waals surface area contributed by atoms with E-state index in [1.807, 2.05) is 83.3 Å². The zero-order chi connectivity index (χ0) is 19.2. The van der Waals surface area contributed by atoms with Gasteiger partial charge in [-0.15, -0.1) is 0 Å². The number of alkyl halides is 1. The molecule has 3 aromatic carbocycles. The number of amides is 1. The topological polar surface area (TPSA) is 49.8 Å². The number of rotatable bonds is 6. The molecule has 0 aliphatic heterocycles. The van der Waals surface area contributed by atoms with Crippen LogP contribution in [0.5, 0.6) is 5.75 Å². The molecule has 0 aliphatic carbocycles. The first kappa shape index (κ1) is 19.5. The molecule has 3 aromatic rings. The van der Waals surface area contributed by atoms with Gasteiger partial charge >= 0.3 is 6.09 Å². The van der Waals surface area contributed by atoms with Crippen molar-refractivity contribution in [3.8, 4) is 5.75 Å². The van der Waals surface area contributed by atoms with E-state index in [1.165, 1.54) is 10.4 Å². The molecule has 1 N–H and O–H groups in total. The fraction of sp³-hybridized carbons (Fsp3) is 0.0952. The Balaban J connectivity index is 2.02. The van der Waals surface area contributed by atoms with Crippen molar-refractivity contribution in [3.63, 3.8) is 0 Å². The number of benzene rings is 3. The molecule has 4 nitrogen and oxygen atoms in total. The minimum absolute atomic E-state index is 0.399. The number of ether oxygens (including phenoxy) is 1. The summed E-state index contributed by atoms with van der Waals surface area (Å²) >= 11 is 7.67. The monoisotopic (exact) mass is 493 g/mol. The average Bonchev–Trinajstić information content (AvgIpc) is 2.67. The molecule has 1 atom stereocenters. The Morgan fingerprint density at radius 1 is 1.15 bits per heavy atom. The van der Waals surface area contributed by atoms with E-state index in [0.717, 1.165) is 16.3 Å². The number of hydrogen-bond donors (Lipinski definition) is 1. The minimum Gasteiger partial charge on any atom is -0.488 e. The van der Waals surface area contributed by atoms with E-state index in [9.17, 15) is 9.90 Å². The fourth-order valence-corrected chi connectivity index (χ4v) is 3.91. The summed E-state index contributed by atoms with van der Waals surface area (Å²) in [4.78, 5) is 13.1. The van der Waals surface area contributed by atoms with Crippen LogP contribution in [0.1, 0.15) is 5.56 Å². The highest BCUT2D eigenvalue weighted by Crippen LogP contribution is 2.34. The summed E-state index contributed by atoms with van der Waals surface area (Å²) in [5.41, 5.74) is 2.89.